The van der Waals surface area contributed by atoms with Crippen LogP contribution in [0.5, 0.6) is 11.5 Å². The molecule has 3 aromatic rings. The van der Waals surface area contributed by atoms with Crippen LogP contribution in [-0.4, -0.2) is 73.0 Å². The van der Waals surface area contributed by atoms with Crippen LogP contribution in [0.4, 0.5) is 5.95 Å². The number of fused-ring (bicyclic) bond motifs is 2. The lowest BCUT2D eigenvalue weighted by Gasteiger charge is -2.14. The van der Waals surface area contributed by atoms with E-state index in [0.29, 0.717) is 75.7 Å². The second-order valence-electron chi connectivity index (χ2n) is 6.26. The molecule has 0 unspecified atom stereocenters. The number of hydrogen-bond acceptors (Lipinski definition) is 9. The van der Waals surface area contributed by atoms with Crippen molar-refractivity contribution >= 4 is 17.0 Å². The lowest BCUT2D eigenvalue weighted by atomic mass is 10.1. The molecule has 0 spiro atoms. The van der Waals surface area contributed by atoms with Gasteiger partial charge in [0.1, 0.15) is 13.2 Å². The molecule has 0 fully saturated rings. The Morgan fingerprint density at radius 2 is 1.45 bits per heavy atom. The number of nitrogen functional groups attached to an aromatic ring is 1. The van der Waals surface area contributed by atoms with Crippen LogP contribution in [0.15, 0.2) is 24.4 Å². The Bertz CT molecular complexity index is 948. The summed E-state index contributed by atoms with van der Waals surface area (Å²) in [7, 11) is 0. The number of aromatic amines is 1. The normalized spacial score (nSPS) is 16.8. The number of nitrogens with one attached hydrogen (secondary N) is 1. The molecule has 1 aliphatic rings. The molecule has 3 N–H and O–H groups in total. The Morgan fingerprint density at radius 1 is 0.793 bits per heavy atom. The Kier molecular flexibility index (Phi) is 6.35. The van der Waals surface area contributed by atoms with Gasteiger partial charge in [0.2, 0.25) is 5.95 Å². The summed E-state index contributed by atoms with van der Waals surface area (Å²) in [4.78, 5) is 8.54. The summed E-state index contributed by atoms with van der Waals surface area (Å²) in [5.74, 6) is 1.37. The molecule has 4 rings (SSSR count). The molecule has 0 bridgehead atoms. The summed E-state index contributed by atoms with van der Waals surface area (Å²) in [6, 6.07) is 5.61. The van der Waals surface area contributed by atoms with Crippen molar-refractivity contribution in [2.45, 2.75) is 0 Å². The zero-order chi connectivity index (χ0) is 19.9. The van der Waals surface area contributed by atoms with E-state index in [2.05, 4.69) is 20.2 Å². The van der Waals surface area contributed by atoms with Gasteiger partial charge >= 0.3 is 0 Å². The zero-order valence-electron chi connectivity index (χ0n) is 15.9. The lowest BCUT2D eigenvalue weighted by Crippen LogP contribution is -2.13. The van der Waals surface area contributed by atoms with E-state index in [-0.39, 0.29) is 5.95 Å². The molecular formula is C19H23N5O5. The Balaban J connectivity index is 1.60. The maximum Gasteiger partial charge on any atom is 0.222 e. The molecule has 2 aromatic heterocycles. The van der Waals surface area contributed by atoms with Crippen LogP contribution in [0.1, 0.15) is 0 Å². The molecule has 0 amide bonds. The number of H-pyrrole nitrogens is 1. The minimum atomic E-state index is 0.165. The minimum Gasteiger partial charge on any atom is -0.487 e. The van der Waals surface area contributed by atoms with Crippen molar-refractivity contribution in [1.29, 1.82) is 0 Å². The van der Waals surface area contributed by atoms with Crippen LogP contribution in [0.2, 0.25) is 0 Å². The van der Waals surface area contributed by atoms with Crippen molar-refractivity contribution in [3.8, 4) is 22.8 Å². The van der Waals surface area contributed by atoms with E-state index in [1.807, 2.05) is 18.2 Å². The summed E-state index contributed by atoms with van der Waals surface area (Å²) in [5.41, 5.74) is 7.91. The van der Waals surface area contributed by atoms with Gasteiger partial charge in [-0.15, -0.1) is 0 Å². The van der Waals surface area contributed by atoms with E-state index in [0.717, 1.165) is 10.9 Å². The highest BCUT2D eigenvalue weighted by Crippen LogP contribution is 2.34. The fourth-order valence-corrected chi connectivity index (χ4v) is 2.92. The number of hydrogen-bond donors (Lipinski definition) is 2. The second kappa shape index (κ2) is 9.50. The molecule has 0 aliphatic carbocycles. The molecule has 3 heterocycles. The van der Waals surface area contributed by atoms with Gasteiger partial charge in [0.05, 0.1) is 56.9 Å². The first-order valence-electron chi connectivity index (χ1n) is 9.41. The molecule has 29 heavy (non-hydrogen) atoms. The van der Waals surface area contributed by atoms with Crippen LogP contribution in [0.25, 0.3) is 22.3 Å². The Morgan fingerprint density at radius 3 is 2.17 bits per heavy atom. The van der Waals surface area contributed by atoms with E-state index in [1.165, 1.54) is 0 Å². The van der Waals surface area contributed by atoms with Gasteiger partial charge in [-0.05, 0) is 18.2 Å². The van der Waals surface area contributed by atoms with Crippen molar-refractivity contribution in [2.24, 2.45) is 0 Å². The quantitative estimate of drug-likeness (QED) is 0.622. The van der Waals surface area contributed by atoms with Crippen LogP contribution < -0.4 is 15.2 Å². The van der Waals surface area contributed by atoms with Crippen molar-refractivity contribution < 1.29 is 23.7 Å². The largest absolute Gasteiger partial charge is 0.487 e. The smallest absolute Gasteiger partial charge is 0.222 e. The fourth-order valence-electron chi connectivity index (χ4n) is 2.92. The molecule has 0 atom stereocenters. The maximum atomic E-state index is 5.92. The van der Waals surface area contributed by atoms with Gasteiger partial charge in [0, 0.05) is 5.56 Å². The highest BCUT2D eigenvalue weighted by molar-refractivity contribution is 5.91. The number of rotatable bonds is 1. The first kappa shape index (κ1) is 19.4. The van der Waals surface area contributed by atoms with Crippen LogP contribution in [-0.2, 0) is 14.2 Å². The number of nitrogens with zero attached hydrogens (tertiary/aromatic N) is 3. The first-order chi connectivity index (χ1) is 14.3. The number of benzene rings is 1. The predicted octanol–water partition coefficient (Wildman–Crippen LogP) is 1.42. The Labute approximate surface area is 167 Å². The van der Waals surface area contributed by atoms with Gasteiger partial charge < -0.3 is 29.4 Å². The summed E-state index contributed by atoms with van der Waals surface area (Å²) in [5, 5.41) is 7.62. The standard InChI is InChI=1S/C19H23N5O5/c20-19-22-17(14-12-21-24-18(14)23-19)13-1-2-15-16(11-13)29-10-8-27-6-4-25-3-5-26-7-9-28-15/h1-2,11-12H,3-10H2,(H3,20,21,22,23,24). The Hall–Kier alpha value is -2.95. The number of nitrogens with two attached hydrogens (primary N) is 1. The molecule has 1 aliphatic heterocycles. The number of anilines is 1. The molecule has 1 aromatic carbocycles. The molecule has 0 radical (unpaired) electrons. The molecule has 10 nitrogen and oxygen atoms in total. The SMILES string of the molecule is Nc1nc(-c2ccc3c(c2)OCCOCCOCCOCCO3)c2cn[nH]c2n1. The average Bonchev–Trinajstić information content (AvgIpc) is 3.19. The monoisotopic (exact) mass is 401 g/mol. The number of aromatic nitrogens is 4. The first-order valence-corrected chi connectivity index (χ1v) is 9.41. The molecule has 0 saturated carbocycles. The van der Waals surface area contributed by atoms with E-state index >= 15 is 0 Å². The van der Waals surface area contributed by atoms with E-state index in [1.54, 1.807) is 6.20 Å². The zero-order valence-corrected chi connectivity index (χ0v) is 15.9. The highest BCUT2D eigenvalue weighted by atomic mass is 16.6. The third-order valence-electron chi connectivity index (χ3n) is 4.26. The van der Waals surface area contributed by atoms with Gasteiger partial charge in [0.15, 0.2) is 17.1 Å². The molecular weight excluding hydrogens is 378 g/mol. The average molecular weight is 401 g/mol. The van der Waals surface area contributed by atoms with Gasteiger partial charge in [-0.25, -0.2) is 4.98 Å². The summed E-state index contributed by atoms with van der Waals surface area (Å²) >= 11 is 0. The third kappa shape index (κ3) is 4.91. The van der Waals surface area contributed by atoms with E-state index < -0.39 is 0 Å². The van der Waals surface area contributed by atoms with Gasteiger partial charge in [-0.3, -0.25) is 5.10 Å². The highest BCUT2D eigenvalue weighted by Gasteiger charge is 2.14. The van der Waals surface area contributed by atoms with Gasteiger partial charge in [0.25, 0.3) is 0 Å². The summed E-state index contributed by atoms with van der Waals surface area (Å²) < 4.78 is 28.2. The minimum absolute atomic E-state index is 0.165. The summed E-state index contributed by atoms with van der Waals surface area (Å²) in [6.07, 6.45) is 1.67. The maximum absolute atomic E-state index is 5.92. The van der Waals surface area contributed by atoms with Gasteiger partial charge in [-0.1, -0.05) is 0 Å². The molecule has 154 valence electrons. The number of ether oxygens (including phenoxy) is 5. The molecule has 10 heteroatoms. The third-order valence-corrected chi connectivity index (χ3v) is 4.26. The fraction of sp³-hybridized carbons (Fsp3) is 0.421. The lowest BCUT2D eigenvalue weighted by molar-refractivity contribution is 0.00708. The predicted molar refractivity (Wildman–Crippen MR) is 105 cm³/mol. The van der Waals surface area contributed by atoms with Crippen molar-refractivity contribution in [2.75, 3.05) is 58.6 Å². The van der Waals surface area contributed by atoms with Crippen molar-refractivity contribution in [3.63, 3.8) is 0 Å². The van der Waals surface area contributed by atoms with E-state index in [9.17, 15) is 0 Å². The van der Waals surface area contributed by atoms with Crippen molar-refractivity contribution in [1.82, 2.24) is 20.2 Å². The van der Waals surface area contributed by atoms with Crippen molar-refractivity contribution in [3.05, 3.63) is 24.4 Å². The van der Waals surface area contributed by atoms with Crippen LogP contribution >= 0.6 is 0 Å². The second-order valence-corrected chi connectivity index (χ2v) is 6.26. The van der Waals surface area contributed by atoms with Crippen LogP contribution in [0, 0.1) is 0 Å². The molecule has 0 saturated heterocycles. The van der Waals surface area contributed by atoms with Crippen LogP contribution in [0.3, 0.4) is 0 Å². The van der Waals surface area contributed by atoms with Gasteiger partial charge in [-0.2, -0.15) is 10.1 Å². The summed E-state index contributed by atoms with van der Waals surface area (Å²) in [6.45, 7) is 3.75. The van der Waals surface area contributed by atoms with E-state index in [4.69, 9.17) is 29.4 Å². The topological polar surface area (TPSA) is 127 Å².